The summed E-state index contributed by atoms with van der Waals surface area (Å²) >= 11 is 0. The SMILES string of the molecule is Cn1cc(C(F)(F)F)nc1[C@H]1CCCN(c2cnccn2)C1. The maximum Gasteiger partial charge on any atom is 0.434 e. The molecule has 2 aromatic rings. The zero-order chi connectivity index (χ0) is 15.7. The first-order valence-electron chi connectivity index (χ1n) is 7.06. The number of halogens is 3. The van der Waals surface area contributed by atoms with Crippen molar-refractivity contribution in [1.82, 2.24) is 19.5 Å². The van der Waals surface area contributed by atoms with E-state index >= 15 is 0 Å². The number of rotatable bonds is 2. The van der Waals surface area contributed by atoms with Crippen LogP contribution in [-0.2, 0) is 13.2 Å². The van der Waals surface area contributed by atoms with Crippen molar-refractivity contribution in [1.29, 1.82) is 0 Å². The second-order valence-corrected chi connectivity index (χ2v) is 5.44. The second kappa shape index (κ2) is 5.58. The minimum absolute atomic E-state index is 0.0446. The number of aryl methyl sites for hydroxylation is 1. The summed E-state index contributed by atoms with van der Waals surface area (Å²) in [7, 11) is 1.61. The lowest BCUT2D eigenvalue weighted by molar-refractivity contribution is -0.141. The van der Waals surface area contributed by atoms with Crippen LogP contribution in [0.5, 0.6) is 0 Å². The lowest BCUT2D eigenvalue weighted by Gasteiger charge is -2.32. The van der Waals surface area contributed by atoms with E-state index in [4.69, 9.17) is 0 Å². The zero-order valence-electron chi connectivity index (χ0n) is 12.1. The average molecular weight is 311 g/mol. The largest absolute Gasteiger partial charge is 0.434 e. The summed E-state index contributed by atoms with van der Waals surface area (Å²) in [5.41, 5.74) is -0.832. The van der Waals surface area contributed by atoms with Gasteiger partial charge in [-0.1, -0.05) is 0 Å². The molecule has 0 unspecified atom stereocenters. The van der Waals surface area contributed by atoms with Gasteiger partial charge in [-0.3, -0.25) is 4.98 Å². The van der Waals surface area contributed by atoms with Crippen molar-refractivity contribution in [2.24, 2.45) is 7.05 Å². The molecule has 0 bridgehead atoms. The third-order valence-electron chi connectivity index (χ3n) is 3.86. The first kappa shape index (κ1) is 14.8. The molecule has 3 heterocycles. The molecule has 2 aromatic heterocycles. The number of hydrogen-bond acceptors (Lipinski definition) is 4. The molecule has 1 aliphatic rings. The summed E-state index contributed by atoms with van der Waals surface area (Å²) < 4.78 is 39.8. The zero-order valence-corrected chi connectivity index (χ0v) is 12.1. The fourth-order valence-corrected chi connectivity index (χ4v) is 2.85. The Balaban J connectivity index is 1.82. The van der Waals surface area contributed by atoms with Crippen LogP contribution in [0.25, 0.3) is 0 Å². The van der Waals surface area contributed by atoms with E-state index < -0.39 is 11.9 Å². The lowest BCUT2D eigenvalue weighted by Crippen LogP contribution is -2.35. The first-order valence-corrected chi connectivity index (χ1v) is 7.06. The number of piperidine rings is 1. The van der Waals surface area contributed by atoms with Gasteiger partial charge in [0.15, 0.2) is 5.69 Å². The highest BCUT2D eigenvalue weighted by atomic mass is 19.4. The maximum atomic E-state index is 12.8. The highest BCUT2D eigenvalue weighted by Gasteiger charge is 2.36. The highest BCUT2D eigenvalue weighted by molar-refractivity contribution is 5.36. The molecule has 0 amide bonds. The number of nitrogens with zero attached hydrogens (tertiary/aromatic N) is 5. The van der Waals surface area contributed by atoms with Gasteiger partial charge in [0.2, 0.25) is 0 Å². The highest BCUT2D eigenvalue weighted by Crippen LogP contribution is 2.32. The molecule has 1 saturated heterocycles. The fourth-order valence-electron chi connectivity index (χ4n) is 2.85. The summed E-state index contributed by atoms with van der Waals surface area (Å²) in [6, 6.07) is 0. The van der Waals surface area contributed by atoms with Crippen LogP contribution in [-0.4, -0.2) is 32.6 Å². The molecule has 1 fully saturated rings. The summed E-state index contributed by atoms with van der Waals surface area (Å²) in [5, 5.41) is 0. The van der Waals surface area contributed by atoms with Crippen molar-refractivity contribution >= 4 is 5.82 Å². The van der Waals surface area contributed by atoms with Gasteiger partial charge in [0.1, 0.15) is 11.6 Å². The van der Waals surface area contributed by atoms with E-state index in [9.17, 15) is 13.2 Å². The predicted octanol–water partition coefficient (Wildman–Crippen LogP) is 2.61. The van der Waals surface area contributed by atoms with Crippen molar-refractivity contribution in [2.75, 3.05) is 18.0 Å². The second-order valence-electron chi connectivity index (χ2n) is 5.44. The van der Waals surface area contributed by atoms with E-state index in [1.165, 1.54) is 4.57 Å². The third kappa shape index (κ3) is 2.90. The van der Waals surface area contributed by atoms with Gasteiger partial charge < -0.3 is 9.47 Å². The van der Waals surface area contributed by atoms with Crippen molar-refractivity contribution in [3.63, 3.8) is 0 Å². The van der Waals surface area contributed by atoms with Crippen molar-refractivity contribution in [3.05, 3.63) is 36.3 Å². The number of imidazole rings is 1. The molecule has 118 valence electrons. The lowest BCUT2D eigenvalue weighted by atomic mass is 9.97. The number of hydrogen-bond donors (Lipinski definition) is 0. The molecule has 1 aliphatic heterocycles. The van der Waals surface area contributed by atoms with E-state index in [0.717, 1.165) is 31.4 Å². The van der Waals surface area contributed by atoms with Crippen LogP contribution in [0.1, 0.15) is 30.3 Å². The molecule has 3 rings (SSSR count). The number of aromatic nitrogens is 4. The Labute approximate surface area is 125 Å². The Morgan fingerprint density at radius 2 is 2.09 bits per heavy atom. The quantitative estimate of drug-likeness (QED) is 0.855. The van der Waals surface area contributed by atoms with Gasteiger partial charge in [-0.2, -0.15) is 13.2 Å². The van der Waals surface area contributed by atoms with E-state index in [0.29, 0.717) is 12.4 Å². The van der Waals surface area contributed by atoms with E-state index in [1.54, 1.807) is 25.6 Å². The summed E-state index contributed by atoms with van der Waals surface area (Å²) in [5.74, 6) is 1.18. The molecule has 1 atom stereocenters. The van der Waals surface area contributed by atoms with Crippen LogP contribution >= 0.6 is 0 Å². The van der Waals surface area contributed by atoms with Crippen LogP contribution in [0, 0.1) is 0 Å². The predicted molar refractivity (Wildman–Crippen MR) is 74.4 cm³/mol. The Hall–Kier alpha value is -2.12. The minimum Gasteiger partial charge on any atom is -0.355 e. The van der Waals surface area contributed by atoms with Crippen LogP contribution in [0.15, 0.2) is 24.8 Å². The minimum atomic E-state index is -4.41. The number of anilines is 1. The number of alkyl halides is 3. The van der Waals surface area contributed by atoms with Gasteiger partial charge in [-0.25, -0.2) is 9.97 Å². The molecule has 0 radical (unpaired) electrons. The average Bonchev–Trinajstić information content (AvgIpc) is 2.90. The monoisotopic (exact) mass is 311 g/mol. The van der Waals surface area contributed by atoms with E-state index in [2.05, 4.69) is 15.0 Å². The summed E-state index contributed by atoms with van der Waals surface area (Å²) in [4.78, 5) is 14.1. The maximum absolute atomic E-state index is 12.8. The molecule has 0 spiro atoms. The van der Waals surface area contributed by atoms with Crippen molar-refractivity contribution < 1.29 is 13.2 Å². The smallest absolute Gasteiger partial charge is 0.355 e. The van der Waals surface area contributed by atoms with Gasteiger partial charge >= 0.3 is 6.18 Å². The molecule has 0 aromatic carbocycles. The Bertz CT molecular complexity index is 638. The van der Waals surface area contributed by atoms with Gasteiger partial charge in [-0.15, -0.1) is 0 Å². The standard InChI is InChI=1S/C14H16F3N5/c1-21-9-11(14(15,16)17)20-13(21)10-3-2-6-22(8-10)12-7-18-4-5-19-12/h4-5,7,9-10H,2-3,6,8H2,1H3/t10-/m0/s1. The molecular weight excluding hydrogens is 295 g/mol. The first-order chi connectivity index (χ1) is 10.4. The topological polar surface area (TPSA) is 46.8 Å². The van der Waals surface area contributed by atoms with Gasteiger partial charge in [0, 0.05) is 44.6 Å². The normalized spacial score (nSPS) is 19.5. The summed E-state index contributed by atoms with van der Waals surface area (Å²) in [6.07, 6.45) is 3.23. The molecule has 0 saturated carbocycles. The van der Waals surface area contributed by atoms with Crippen LogP contribution in [0.4, 0.5) is 19.0 Å². The van der Waals surface area contributed by atoms with E-state index in [-0.39, 0.29) is 5.92 Å². The van der Waals surface area contributed by atoms with Crippen LogP contribution < -0.4 is 4.90 Å². The van der Waals surface area contributed by atoms with Gasteiger partial charge in [0.05, 0.1) is 6.20 Å². The van der Waals surface area contributed by atoms with Gasteiger partial charge in [-0.05, 0) is 12.8 Å². The third-order valence-corrected chi connectivity index (χ3v) is 3.86. The van der Waals surface area contributed by atoms with E-state index in [1.807, 2.05) is 4.90 Å². The molecule has 22 heavy (non-hydrogen) atoms. The fraction of sp³-hybridized carbons (Fsp3) is 0.500. The van der Waals surface area contributed by atoms with Crippen LogP contribution in [0.3, 0.4) is 0 Å². The van der Waals surface area contributed by atoms with Crippen molar-refractivity contribution in [2.45, 2.75) is 24.9 Å². The van der Waals surface area contributed by atoms with Crippen LogP contribution in [0.2, 0.25) is 0 Å². The molecule has 8 heteroatoms. The molecule has 5 nitrogen and oxygen atoms in total. The molecular formula is C14H16F3N5. The van der Waals surface area contributed by atoms with Gasteiger partial charge in [0.25, 0.3) is 0 Å². The Morgan fingerprint density at radius 1 is 1.27 bits per heavy atom. The molecule has 0 aliphatic carbocycles. The Kier molecular flexibility index (Phi) is 3.76. The molecule has 0 N–H and O–H groups in total. The van der Waals surface area contributed by atoms with Crippen molar-refractivity contribution in [3.8, 4) is 0 Å². The summed E-state index contributed by atoms with van der Waals surface area (Å²) in [6.45, 7) is 1.42. The Morgan fingerprint density at radius 3 is 2.73 bits per heavy atom.